The molecular formula is C16H16ClF2N5O2S. The van der Waals surface area contributed by atoms with Gasteiger partial charge in [-0.15, -0.1) is 0 Å². The van der Waals surface area contributed by atoms with Gasteiger partial charge in [-0.3, -0.25) is 19.4 Å². The fraction of sp³-hybridized carbons (Fsp3) is 0.375. The zero-order chi connectivity index (χ0) is 19.8. The Morgan fingerprint density at radius 1 is 1.56 bits per heavy atom. The smallest absolute Gasteiger partial charge is 0.272 e. The first-order chi connectivity index (χ1) is 12.7. The van der Waals surface area contributed by atoms with Crippen LogP contribution in [0.3, 0.4) is 0 Å². The van der Waals surface area contributed by atoms with E-state index in [1.165, 1.54) is 17.9 Å². The molecule has 7 nitrogen and oxygen atoms in total. The minimum Gasteiger partial charge on any atom is -0.306 e. The molecule has 0 aromatic carbocycles. The number of pyridine rings is 1. The van der Waals surface area contributed by atoms with E-state index in [0.717, 1.165) is 4.90 Å². The lowest BCUT2D eigenvalue weighted by Gasteiger charge is -2.16. The molecule has 0 spiro atoms. The van der Waals surface area contributed by atoms with E-state index in [-0.39, 0.29) is 28.8 Å². The van der Waals surface area contributed by atoms with E-state index in [1.54, 1.807) is 24.5 Å². The highest BCUT2D eigenvalue weighted by atomic mass is 35.5. The standard InChI is InChI=1S/C16H16ClF2N5O2S/c1-23(13-7-24(22-14(13)17)11-3-2-4-21-6-11)15(25)12(20)9-27(26)8-10-5-16(10,18)19/h2-4,6-7,10,20H,5,8-9H2,1H3. The number of anilines is 1. The molecule has 3 rings (SSSR count). The van der Waals surface area contributed by atoms with Crippen LogP contribution < -0.4 is 4.90 Å². The molecule has 2 aromatic heterocycles. The zero-order valence-corrected chi connectivity index (χ0v) is 15.8. The molecule has 1 fully saturated rings. The lowest BCUT2D eigenvalue weighted by molar-refractivity contribution is -0.112. The molecule has 0 aliphatic heterocycles. The minimum atomic E-state index is -2.77. The van der Waals surface area contributed by atoms with E-state index in [0.29, 0.717) is 5.69 Å². The number of nitrogens with zero attached hydrogens (tertiary/aromatic N) is 4. The first kappa shape index (κ1) is 19.6. The molecule has 1 amide bonds. The lowest BCUT2D eigenvalue weighted by Crippen LogP contribution is -2.35. The van der Waals surface area contributed by atoms with Crippen LogP contribution in [0.15, 0.2) is 30.7 Å². The molecule has 144 valence electrons. The predicted octanol–water partition coefficient (Wildman–Crippen LogP) is 2.31. The monoisotopic (exact) mass is 415 g/mol. The normalized spacial score (nSPS) is 18.7. The summed E-state index contributed by atoms with van der Waals surface area (Å²) in [7, 11) is -0.294. The van der Waals surface area contributed by atoms with Crippen molar-refractivity contribution in [3.8, 4) is 5.69 Å². The van der Waals surface area contributed by atoms with Gasteiger partial charge in [0.1, 0.15) is 11.4 Å². The maximum atomic E-state index is 12.9. The summed E-state index contributed by atoms with van der Waals surface area (Å²) in [5.74, 6) is -5.02. The van der Waals surface area contributed by atoms with Gasteiger partial charge in [-0.1, -0.05) is 11.6 Å². The number of halogens is 3. The largest absolute Gasteiger partial charge is 0.306 e. The van der Waals surface area contributed by atoms with Crippen molar-refractivity contribution in [2.45, 2.75) is 12.3 Å². The third-order valence-electron chi connectivity index (χ3n) is 4.13. The molecule has 27 heavy (non-hydrogen) atoms. The van der Waals surface area contributed by atoms with Gasteiger partial charge < -0.3 is 4.90 Å². The number of carbonyl (C=O) groups is 1. The van der Waals surface area contributed by atoms with Gasteiger partial charge in [0.15, 0.2) is 5.15 Å². The fourth-order valence-electron chi connectivity index (χ4n) is 2.46. The summed E-state index contributed by atoms with van der Waals surface area (Å²) in [6.45, 7) is 0. The van der Waals surface area contributed by atoms with E-state index in [9.17, 15) is 17.8 Å². The Bertz CT molecular complexity index is 905. The van der Waals surface area contributed by atoms with Crippen LogP contribution in [-0.4, -0.2) is 55.1 Å². The Hall–Kier alpha value is -2.20. The molecule has 0 saturated heterocycles. The summed E-state index contributed by atoms with van der Waals surface area (Å²) in [4.78, 5) is 17.5. The summed E-state index contributed by atoms with van der Waals surface area (Å²) in [5.41, 5.74) is 0.452. The highest BCUT2D eigenvalue weighted by Crippen LogP contribution is 2.48. The maximum Gasteiger partial charge on any atom is 0.272 e. The van der Waals surface area contributed by atoms with Crippen LogP contribution in [-0.2, 0) is 15.6 Å². The number of nitrogens with one attached hydrogen (secondary N) is 1. The highest BCUT2D eigenvalue weighted by Gasteiger charge is 2.57. The highest BCUT2D eigenvalue weighted by molar-refractivity contribution is 7.85. The Morgan fingerprint density at radius 3 is 2.85 bits per heavy atom. The molecule has 2 atom stereocenters. The quantitative estimate of drug-likeness (QED) is 0.702. The second-order valence-corrected chi connectivity index (χ2v) is 8.08. The second-order valence-electron chi connectivity index (χ2n) is 6.22. The average molecular weight is 416 g/mol. The van der Waals surface area contributed by atoms with Crippen molar-refractivity contribution in [3.63, 3.8) is 0 Å². The minimum absolute atomic E-state index is 0.0428. The summed E-state index contributed by atoms with van der Waals surface area (Å²) in [5, 5.41) is 12.0. The van der Waals surface area contributed by atoms with Gasteiger partial charge in [0.2, 0.25) is 0 Å². The van der Waals surface area contributed by atoms with E-state index < -0.39 is 34.3 Å². The number of rotatable bonds is 7. The molecule has 2 aromatic rings. The van der Waals surface area contributed by atoms with Gasteiger partial charge in [0.05, 0.1) is 23.8 Å². The second kappa shape index (κ2) is 7.43. The lowest BCUT2D eigenvalue weighted by atomic mass is 10.3. The van der Waals surface area contributed by atoms with Gasteiger partial charge in [-0.05, 0) is 12.1 Å². The summed E-state index contributed by atoms with van der Waals surface area (Å²) in [6.07, 6.45) is 4.38. The van der Waals surface area contributed by atoms with E-state index in [2.05, 4.69) is 10.1 Å². The van der Waals surface area contributed by atoms with Gasteiger partial charge in [-0.2, -0.15) is 5.10 Å². The zero-order valence-electron chi connectivity index (χ0n) is 14.2. The summed E-state index contributed by atoms with van der Waals surface area (Å²) < 4.78 is 39.2. The van der Waals surface area contributed by atoms with Crippen molar-refractivity contribution in [2.24, 2.45) is 5.92 Å². The van der Waals surface area contributed by atoms with E-state index in [1.807, 2.05) is 0 Å². The number of hydrogen-bond donors (Lipinski definition) is 1. The van der Waals surface area contributed by atoms with Crippen LogP contribution in [0.5, 0.6) is 0 Å². The van der Waals surface area contributed by atoms with Crippen molar-refractivity contribution < 1.29 is 17.8 Å². The van der Waals surface area contributed by atoms with Crippen molar-refractivity contribution >= 4 is 39.7 Å². The SMILES string of the molecule is CN(C(=O)C(=N)CS(=O)CC1CC1(F)F)c1cn(-c2cccnc2)nc1Cl. The summed E-state index contributed by atoms with van der Waals surface area (Å²) in [6, 6.07) is 3.47. The van der Waals surface area contributed by atoms with Crippen LogP contribution >= 0.6 is 11.6 Å². The van der Waals surface area contributed by atoms with Gasteiger partial charge >= 0.3 is 0 Å². The Labute approximate surface area is 161 Å². The van der Waals surface area contributed by atoms with Crippen LogP contribution in [0.2, 0.25) is 5.15 Å². The molecule has 1 aliphatic carbocycles. The van der Waals surface area contributed by atoms with Gasteiger partial charge in [0.25, 0.3) is 11.8 Å². The first-order valence-corrected chi connectivity index (χ1v) is 9.79. The van der Waals surface area contributed by atoms with Crippen molar-refractivity contribution in [3.05, 3.63) is 35.9 Å². The Balaban J connectivity index is 1.65. The number of alkyl halides is 2. The van der Waals surface area contributed by atoms with Crippen LogP contribution in [0.4, 0.5) is 14.5 Å². The Kier molecular flexibility index (Phi) is 5.38. The third kappa shape index (κ3) is 4.38. The van der Waals surface area contributed by atoms with Crippen molar-refractivity contribution in [2.75, 3.05) is 23.5 Å². The molecule has 11 heteroatoms. The number of hydrogen-bond acceptors (Lipinski definition) is 5. The molecule has 0 radical (unpaired) electrons. The molecule has 0 bridgehead atoms. The molecule has 2 unspecified atom stereocenters. The first-order valence-electron chi connectivity index (χ1n) is 7.93. The summed E-state index contributed by atoms with van der Waals surface area (Å²) >= 11 is 6.09. The molecule has 1 aliphatic rings. The fourth-order valence-corrected chi connectivity index (χ4v) is 4.09. The molecular weight excluding hydrogens is 400 g/mol. The van der Waals surface area contributed by atoms with Crippen LogP contribution in [0, 0.1) is 11.3 Å². The number of aromatic nitrogens is 3. The number of amides is 1. The van der Waals surface area contributed by atoms with E-state index >= 15 is 0 Å². The van der Waals surface area contributed by atoms with E-state index in [4.69, 9.17) is 17.0 Å². The topological polar surface area (TPSA) is 91.9 Å². The Morgan fingerprint density at radius 2 is 2.26 bits per heavy atom. The molecule has 2 heterocycles. The van der Waals surface area contributed by atoms with Gasteiger partial charge in [0, 0.05) is 42.1 Å². The molecule has 1 N–H and O–H groups in total. The molecule has 1 saturated carbocycles. The predicted molar refractivity (Wildman–Crippen MR) is 98.4 cm³/mol. The van der Waals surface area contributed by atoms with Gasteiger partial charge in [-0.25, -0.2) is 13.5 Å². The van der Waals surface area contributed by atoms with Crippen LogP contribution in [0.25, 0.3) is 5.69 Å². The average Bonchev–Trinajstić information content (AvgIpc) is 3.03. The number of carbonyl (C=O) groups excluding carboxylic acids is 1. The maximum absolute atomic E-state index is 12.9. The third-order valence-corrected chi connectivity index (χ3v) is 5.79. The van der Waals surface area contributed by atoms with Crippen molar-refractivity contribution in [1.29, 1.82) is 5.41 Å². The van der Waals surface area contributed by atoms with Crippen LogP contribution in [0.1, 0.15) is 6.42 Å². The van der Waals surface area contributed by atoms with Crippen molar-refractivity contribution in [1.82, 2.24) is 14.8 Å².